The van der Waals surface area contributed by atoms with Crippen LogP contribution < -0.4 is 10.1 Å². The highest BCUT2D eigenvalue weighted by molar-refractivity contribution is 5.95. The van der Waals surface area contributed by atoms with Crippen LogP contribution in [0.25, 0.3) is 0 Å². The second-order valence-electron chi connectivity index (χ2n) is 5.20. The van der Waals surface area contributed by atoms with Crippen molar-refractivity contribution in [3.8, 4) is 5.75 Å². The van der Waals surface area contributed by atoms with Gasteiger partial charge < -0.3 is 14.8 Å². The molecule has 0 unspecified atom stereocenters. The van der Waals surface area contributed by atoms with Crippen LogP contribution in [-0.4, -0.2) is 20.2 Å². The molecule has 0 amide bonds. The molecular weight excluding hydrogens is 290 g/mol. The van der Waals surface area contributed by atoms with E-state index in [1.54, 1.807) is 13.2 Å². The number of ether oxygens (including phenoxy) is 2. The molecule has 0 bridgehead atoms. The number of benzene rings is 2. The lowest BCUT2D eigenvalue weighted by Gasteiger charge is -2.09. The van der Waals surface area contributed by atoms with E-state index in [1.807, 2.05) is 55.6 Å². The van der Waals surface area contributed by atoms with Crippen molar-refractivity contribution < 1.29 is 14.3 Å². The van der Waals surface area contributed by atoms with Gasteiger partial charge in [0.25, 0.3) is 0 Å². The summed E-state index contributed by atoms with van der Waals surface area (Å²) in [5, 5.41) is 3.18. The maximum absolute atomic E-state index is 11.7. The number of methoxy groups -OCH3 is 2. The van der Waals surface area contributed by atoms with E-state index in [9.17, 15) is 4.79 Å². The van der Waals surface area contributed by atoms with Crippen LogP contribution in [-0.2, 0) is 11.2 Å². The lowest BCUT2D eigenvalue weighted by molar-refractivity contribution is 0.0602. The predicted molar refractivity (Wildman–Crippen MR) is 91.9 cm³/mol. The van der Waals surface area contributed by atoms with Gasteiger partial charge >= 0.3 is 5.97 Å². The Labute approximate surface area is 136 Å². The van der Waals surface area contributed by atoms with E-state index >= 15 is 0 Å². The standard InChI is InChI=1S/C19H21NO3/c1-14(12-15-8-10-16(22-2)11-9-15)13-20-18-7-5-4-6-17(18)19(21)23-3/h4-11,13,20H,12H2,1-3H3. The highest BCUT2D eigenvalue weighted by atomic mass is 16.5. The largest absolute Gasteiger partial charge is 0.497 e. The normalized spacial score (nSPS) is 11.0. The lowest BCUT2D eigenvalue weighted by atomic mass is 10.1. The molecule has 0 radical (unpaired) electrons. The topological polar surface area (TPSA) is 47.6 Å². The maximum atomic E-state index is 11.7. The van der Waals surface area contributed by atoms with E-state index < -0.39 is 0 Å². The fourth-order valence-corrected chi connectivity index (χ4v) is 2.21. The van der Waals surface area contributed by atoms with Gasteiger partial charge in [0.15, 0.2) is 0 Å². The molecule has 0 aliphatic rings. The molecule has 0 aliphatic heterocycles. The summed E-state index contributed by atoms with van der Waals surface area (Å²) >= 11 is 0. The van der Waals surface area contributed by atoms with Crippen molar-refractivity contribution in [2.24, 2.45) is 0 Å². The van der Waals surface area contributed by atoms with E-state index in [-0.39, 0.29) is 5.97 Å². The molecule has 4 heteroatoms. The summed E-state index contributed by atoms with van der Waals surface area (Å²) in [5.74, 6) is 0.495. The Hall–Kier alpha value is -2.75. The number of nitrogens with one attached hydrogen (secondary N) is 1. The zero-order valence-electron chi connectivity index (χ0n) is 13.6. The first kappa shape index (κ1) is 16.6. The van der Waals surface area contributed by atoms with Gasteiger partial charge in [-0.3, -0.25) is 0 Å². The molecule has 4 nitrogen and oxygen atoms in total. The second kappa shape index (κ2) is 8.03. The van der Waals surface area contributed by atoms with Crippen LogP contribution in [0, 0.1) is 0 Å². The Morgan fingerprint density at radius 1 is 1.09 bits per heavy atom. The number of carbonyl (C=O) groups is 1. The third-order valence-electron chi connectivity index (χ3n) is 3.45. The fourth-order valence-electron chi connectivity index (χ4n) is 2.21. The van der Waals surface area contributed by atoms with Gasteiger partial charge in [-0.2, -0.15) is 0 Å². The highest BCUT2D eigenvalue weighted by Gasteiger charge is 2.09. The predicted octanol–water partition coefficient (Wildman–Crippen LogP) is 4.04. The van der Waals surface area contributed by atoms with Gasteiger partial charge in [-0.15, -0.1) is 0 Å². The third kappa shape index (κ3) is 4.61. The third-order valence-corrected chi connectivity index (χ3v) is 3.45. The van der Waals surface area contributed by atoms with Gasteiger partial charge in [-0.05, 0) is 43.2 Å². The molecule has 0 fully saturated rings. The molecule has 23 heavy (non-hydrogen) atoms. The molecular formula is C19H21NO3. The van der Waals surface area contributed by atoms with Crippen molar-refractivity contribution in [2.45, 2.75) is 13.3 Å². The Kier molecular flexibility index (Phi) is 5.80. The first-order valence-corrected chi connectivity index (χ1v) is 7.36. The van der Waals surface area contributed by atoms with Crippen molar-refractivity contribution in [1.29, 1.82) is 0 Å². The van der Waals surface area contributed by atoms with E-state index in [1.165, 1.54) is 12.7 Å². The summed E-state index contributed by atoms with van der Waals surface area (Å²) < 4.78 is 9.94. The molecule has 0 aromatic heterocycles. The first-order valence-electron chi connectivity index (χ1n) is 7.36. The van der Waals surface area contributed by atoms with Crippen LogP contribution in [0.3, 0.4) is 0 Å². The maximum Gasteiger partial charge on any atom is 0.339 e. The SMILES string of the molecule is COC(=O)c1ccccc1NC=C(C)Cc1ccc(OC)cc1. The summed E-state index contributed by atoms with van der Waals surface area (Å²) in [6.45, 7) is 2.04. The van der Waals surface area contributed by atoms with E-state index in [4.69, 9.17) is 9.47 Å². The molecule has 1 N–H and O–H groups in total. The fraction of sp³-hybridized carbons (Fsp3) is 0.211. The minimum absolute atomic E-state index is 0.352. The Balaban J connectivity index is 2.06. The summed E-state index contributed by atoms with van der Waals surface area (Å²) in [4.78, 5) is 11.7. The molecule has 0 atom stereocenters. The Bertz CT molecular complexity index is 690. The highest BCUT2D eigenvalue weighted by Crippen LogP contribution is 2.18. The van der Waals surface area contributed by atoms with Crippen molar-refractivity contribution in [2.75, 3.05) is 19.5 Å². The van der Waals surface area contributed by atoms with Gasteiger partial charge in [0, 0.05) is 6.20 Å². The van der Waals surface area contributed by atoms with Crippen LogP contribution in [0.1, 0.15) is 22.8 Å². The number of esters is 1. The average molecular weight is 311 g/mol. The number of hydrogen-bond acceptors (Lipinski definition) is 4. The van der Waals surface area contributed by atoms with Crippen molar-refractivity contribution in [3.05, 3.63) is 71.4 Å². The molecule has 2 aromatic carbocycles. The van der Waals surface area contributed by atoms with Crippen molar-refractivity contribution >= 4 is 11.7 Å². The monoisotopic (exact) mass is 311 g/mol. The molecule has 0 aliphatic carbocycles. The number of rotatable bonds is 6. The number of hydrogen-bond donors (Lipinski definition) is 1. The Morgan fingerprint density at radius 2 is 1.78 bits per heavy atom. The average Bonchev–Trinajstić information content (AvgIpc) is 2.60. The van der Waals surface area contributed by atoms with Crippen LogP contribution in [0.4, 0.5) is 5.69 Å². The lowest BCUT2D eigenvalue weighted by Crippen LogP contribution is -2.05. The Morgan fingerprint density at radius 3 is 2.43 bits per heavy atom. The summed E-state index contributed by atoms with van der Waals surface area (Å²) in [6.07, 6.45) is 2.73. The van der Waals surface area contributed by atoms with Crippen LogP contribution >= 0.6 is 0 Å². The smallest absolute Gasteiger partial charge is 0.339 e. The van der Waals surface area contributed by atoms with E-state index in [2.05, 4.69) is 5.32 Å². The van der Waals surface area contributed by atoms with Gasteiger partial charge in [-0.1, -0.05) is 29.8 Å². The molecule has 120 valence electrons. The zero-order valence-corrected chi connectivity index (χ0v) is 13.6. The van der Waals surface area contributed by atoms with Gasteiger partial charge in [0.05, 0.1) is 25.5 Å². The molecule has 0 saturated carbocycles. The minimum atomic E-state index is -0.352. The first-order chi connectivity index (χ1) is 11.1. The van der Waals surface area contributed by atoms with Crippen molar-refractivity contribution in [1.82, 2.24) is 0 Å². The van der Waals surface area contributed by atoms with Gasteiger partial charge in [0.1, 0.15) is 5.75 Å². The second-order valence-corrected chi connectivity index (χ2v) is 5.20. The van der Waals surface area contributed by atoms with Gasteiger partial charge in [-0.25, -0.2) is 4.79 Å². The molecule has 2 rings (SSSR count). The number of allylic oxidation sites excluding steroid dienone is 1. The molecule has 0 saturated heterocycles. The number of carbonyl (C=O) groups excluding carboxylic acids is 1. The summed E-state index contributed by atoms with van der Waals surface area (Å²) in [7, 11) is 3.03. The molecule has 0 spiro atoms. The van der Waals surface area contributed by atoms with Gasteiger partial charge in [0.2, 0.25) is 0 Å². The molecule has 2 aromatic rings. The quantitative estimate of drug-likeness (QED) is 0.818. The zero-order chi connectivity index (χ0) is 16.7. The summed E-state index contributed by atoms with van der Waals surface area (Å²) in [6, 6.07) is 15.2. The van der Waals surface area contributed by atoms with Crippen LogP contribution in [0.15, 0.2) is 60.3 Å². The number of para-hydroxylation sites is 1. The van der Waals surface area contributed by atoms with Crippen LogP contribution in [0.5, 0.6) is 5.75 Å². The van der Waals surface area contributed by atoms with E-state index in [0.717, 1.165) is 23.4 Å². The number of anilines is 1. The van der Waals surface area contributed by atoms with Crippen LogP contribution in [0.2, 0.25) is 0 Å². The van der Waals surface area contributed by atoms with E-state index in [0.29, 0.717) is 5.56 Å². The minimum Gasteiger partial charge on any atom is -0.497 e. The summed E-state index contributed by atoms with van der Waals surface area (Å²) in [5.41, 5.74) is 3.59. The molecule has 0 heterocycles. The van der Waals surface area contributed by atoms with Crippen molar-refractivity contribution in [3.63, 3.8) is 0 Å².